The van der Waals surface area contributed by atoms with E-state index >= 15 is 0 Å². The van der Waals surface area contributed by atoms with Crippen molar-refractivity contribution in [3.63, 3.8) is 0 Å². The Hall–Kier alpha value is -2.07. The van der Waals surface area contributed by atoms with Crippen LogP contribution in [0.3, 0.4) is 0 Å². The number of nitrogens with two attached hydrogens (primary N) is 1. The van der Waals surface area contributed by atoms with Crippen molar-refractivity contribution in [2.45, 2.75) is 6.54 Å². The molecule has 0 saturated heterocycles. The quantitative estimate of drug-likeness (QED) is 0.886. The fourth-order valence-corrected chi connectivity index (χ4v) is 1.85. The van der Waals surface area contributed by atoms with Gasteiger partial charge in [-0.2, -0.15) is 0 Å². The highest BCUT2D eigenvalue weighted by atomic mass is 19.1. The summed E-state index contributed by atoms with van der Waals surface area (Å²) in [5.74, 6) is -0.282. The van der Waals surface area contributed by atoms with Crippen molar-refractivity contribution < 1.29 is 4.39 Å². The van der Waals surface area contributed by atoms with Crippen molar-refractivity contribution in [1.29, 1.82) is 0 Å². The lowest BCUT2D eigenvalue weighted by Crippen LogP contribution is -2.08. The van der Waals surface area contributed by atoms with Crippen LogP contribution in [0.15, 0.2) is 42.5 Å². The Morgan fingerprint density at radius 1 is 1.05 bits per heavy atom. The third-order valence-electron chi connectivity index (χ3n) is 2.87. The molecular formula is C15H18FN3. The van der Waals surface area contributed by atoms with E-state index in [4.69, 9.17) is 5.73 Å². The highest BCUT2D eigenvalue weighted by Crippen LogP contribution is 2.21. The van der Waals surface area contributed by atoms with Crippen LogP contribution in [0.2, 0.25) is 0 Å². The van der Waals surface area contributed by atoms with Gasteiger partial charge in [-0.3, -0.25) is 0 Å². The van der Waals surface area contributed by atoms with Crippen LogP contribution in [0, 0.1) is 5.82 Å². The van der Waals surface area contributed by atoms with Gasteiger partial charge < -0.3 is 16.0 Å². The van der Waals surface area contributed by atoms with E-state index in [0.29, 0.717) is 12.2 Å². The summed E-state index contributed by atoms with van der Waals surface area (Å²) in [5, 5.41) is 3.17. The Bertz CT molecular complexity index is 550. The summed E-state index contributed by atoms with van der Waals surface area (Å²) in [6.07, 6.45) is 0. The lowest BCUT2D eigenvalue weighted by molar-refractivity contribution is 0.626. The average Bonchev–Trinajstić information content (AvgIpc) is 2.38. The van der Waals surface area contributed by atoms with Crippen LogP contribution in [-0.4, -0.2) is 14.1 Å². The second-order valence-corrected chi connectivity index (χ2v) is 4.62. The van der Waals surface area contributed by atoms with E-state index in [2.05, 4.69) is 5.32 Å². The zero-order valence-electron chi connectivity index (χ0n) is 11.2. The van der Waals surface area contributed by atoms with Gasteiger partial charge in [-0.25, -0.2) is 4.39 Å². The number of anilines is 3. The minimum atomic E-state index is -0.282. The molecule has 2 aromatic rings. The van der Waals surface area contributed by atoms with Gasteiger partial charge >= 0.3 is 0 Å². The summed E-state index contributed by atoms with van der Waals surface area (Å²) in [4.78, 5) is 2.03. The Labute approximate surface area is 112 Å². The number of hydrogen-bond donors (Lipinski definition) is 2. The minimum Gasteiger partial charge on any atom is -0.378 e. The maximum absolute atomic E-state index is 13.4. The molecule has 0 saturated carbocycles. The van der Waals surface area contributed by atoms with Gasteiger partial charge in [0.15, 0.2) is 0 Å². The lowest BCUT2D eigenvalue weighted by atomic mass is 10.2. The standard InChI is InChI=1S/C15H18FN3/c1-19(2)15-5-3-13(4-6-15)18-14-8-11(10-17)7-12(16)9-14/h3-9,18H,10,17H2,1-2H3. The molecule has 0 heterocycles. The molecule has 0 aromatic heterocycles. The van der Waals surface area contributed by atoms with Crippen molar-refractivity contribution in [2.24, 2.45) is 5.73 Å². The number of nitrogens with zero attached hydrogens (tertiary/aromatic N) is 1. The van der Waals surface area contributed by atoms with Crippen LogP contribution in [0.4, 0.5) is 21.5 Å². The van der Waals surface area contributed by atoms with Crippen LogP contribution >= 0.6 is 0 Å². The van der Waals surface area contributed by atoms with E-state index in [1.165, 1.54) is 12.1 Å². The van der Waals surface area contributed by atoms with Crippen LogP contribution < -0.4 is 16.0 Å². The Kier molecular flexibility index (Phi) is 4.02. The fourth-order valence-electron chi connectivity index (χ4n) is 1.85. The molecular weight excluding hydrogens is 241 g/mol. The molecule has 0 aliphatic carbocycles. The molecule has 0 unspecified atom stereocenters. The summed E-state index contributed by atoms with van der Waals surface area (Å²) in [6.45, 7) is 0.325. The van der Waals surface area contributed by atoms with Crippen molar-refractivity contribution in [3.05, 3.63) is 53.8 Å². The second-order valence-electron chi connectivity index (χ2n) is 4.62. The number of rotatable bonds is 4. The summed E-state index contributed by atoms with van der Waals surface area (Å²) in [7, 11) is 3.98. The van der Waals surface area contributed by atoms with Gasteiger partial charge in [0.05, 0.1) is 0 Å². The monoisotopic (exact) mass is 259 g/mol. The normalized spacial score (nSPS) is 10.3. The molecule has 3 nitrogen and oxygen atoms in total. The smallest absolute Gasteiger partial charge is 0.125 e. The molecule has 0 aliphatic rings. The molecule has 0 amide bonds. The SMILES string of the molecule is CN(C)c1ccc(Nc2cc(F)cc(CN)c2)cc1. The first-order valence-electron chi connectivity index (χ1n) is 6.12. The van der Waals surface area contributed by atoms with Crippen molar-refractivity contribution >= 4 is 17.1 Å². The molecule has 0 fully saturated rings. The zero-order valence-corrected chi connectivity index (χ0v) is 11.2. The van der Waals surface area contributed by atoms with E-state index in [1.54, 1.807) is 0 Å². The number of halogens is 1. The molecule has 19 heavy (non-hydrogen) atoms. The lowest BCUT2D eigenvalue weighted by Gasteiger charge is -2.13. The third kappa shape index (κ3) is 3.45. The maximum Gasteiger partial charge on any atom is 0.125 e. The van der Waals surface area contributed by atoms with Crippen LogP contribution in [0.1, 0.15) is 5.56 Å². The van der Waals surface area contributed by atoms with Gasteiger partial charge in [0.1, 0.15) is 5.82 Å². The molecule has 0 atom stereocenters. The fraction of sp³-hybridized carbons (Fsp3) is 0.200. The van der Waals surface area contributed by atoms with Gasteiger partial charge in [-0.05, 0) is 48.0 Å². The second kappa shape index (κ2) is 5.71. The van der Waals surface area contributed by atoms with Gasteiger partial charge in [0, 0.05) is 37.7 Å². The Morgan fingerprint density at radius 2 is 1.74 bits per heavy atom. The molecule has 0 bridgehead atoms. The molecule has 2 aromatic carbocycles. The number of benzene rings is 2. The molecule has 0 aliphatic heterocycles. The average molecular weight is 259 g/mol. The summed E-state index contributed by atoms with van der Waals surface area (Å²) in [6, 6.07) is 12.7. The van der Waals surface area contributed by atoms with E-state index in [1.807, 2.05) is 49.3 Å². The molecule has 4 heteroatoms. The number of hydrogen-bond acceptors (Lipinski definition) is 3. The molecule has 2 rings (SSSR count). The van der Waals surface area contributed by atoms with Gasteiger partial charge in [0.25, 0.3) is 0 Å². The molecule has 100 valence electrons. The van der Waals surface area contributed by atoms with Crippen molar-refractivity contribution in [3.8, 4) is 0 Å². The highest BCUT2D eigenvalue weighted by molar-refractivity contribution is 5.63. The molecule has 0 spiro atoms. The van der Waals surface area contributed by atoms with Crippen LogP contribution in [0.5, 0.6) is 0 Å². The Balaban J connectivity index is 2.18. The van der Waals surface area contributed by atoms with Gasteiger partial charge in [0.2, 0.25) is 0 Å². The summed E-state index contributed by atoms with van der Waals surface area (Å²) < 4.78 is 13.4. The topological polar surface area (TPSA) is 41.3 Å². The van der Waals surface area contributed by atoms with E-state index in [9.17, 15) is 4.39 Å². The van der Waals surface area contributed by atoms with E-state index in [0.717, 1.165) is 16.9 Å². The number of nitrogens with one attached hydrogen (secondary N) is 1. The summed E-state index contributed by atoms with van der Waals surface area (Å²) >= 11 is 0. The zero-order chi connectivity index (χ0) is 13.8. The first-order valence-corrected chi connectivity index (χ1v) is 6.12. The first-order chi connectivity index (χ1) is 9.08. The summed E-state index contributed by atoms with van der Waals surface area (Å²) in [5.41, 5.74) is 9.05. The predicted molar refractivity (Wildman–Crippen MR) is 78.3 cm³/mol. The third-order valence-corrected chi connectivity index (χ3v) is 2.87. The van der Waals surface area contributed by atoms with Gasteiger partial charge in [-0.15, -0.1) is 0 Å². The van der Waals surface area contributed by atoms with Crippen molar-refractivity contribution in [2.75, 3.05) is 24.3 Å². The maximum atomic E-state index is 13.4. The van der Waals surface area contributed by atoms with E-state index < -0.39 is 0 Å². The largest absolute Gasteiger partial charge is 0.378 e. The highest BCUT2D eigenvalue weighted by Gasteiger charge is 2.01. The minimum absolute atomic E-state index is 0.282. The van der Waals surface area contributed by atoms with E-state index in [-0.39, 0.29) is 5.82 Å². The van der Waals surface area contributed by atoms with Crippen molar-refractivity contribution in [1.82, 2.24) is 0 Å². The van der Waals surface area contributed by atoms with Crippen LogP contribution in [-0.2, 0) is 6.54 Å². The van der Waals surface area contributed by atoms with Crippen LogP contribution in [0.25, 0.3) is 0 Å². The molecule has 3 N–H and O–H groups in total. The molecule has 0 radical (unpaired) electrons. The Morgan fingerprint density at radius 3 is 2.32 bits per heavy atom. The van der Waals surface area contributed by atoms with Gasteiger partial charge in [-0.1, -0.05) is 0 Å². The first kappa shape index (κ1) is 13.4. The predicted octanol–water partition coefficient (Wildman–Crippen LogP) is 3.09.